The van der Waals surface area contributed by atoms with E-state index < -0.39 is 6.03 Å². The minimum atomic E-state index is -0.514. The van der Waals surface area contributed by atoms with Gasteiger partial charge in [0.25, 0.3) is 0 Å². The number of thiophene rings is 1. The molecule has 0 saturated heterocycles. The van der Waals surface area contributed by atoms with E-state index in [1.54, 1.807) is 11.3 Å². The van der Waals surface area contributed by atoms with Crippen LogP contribution < -0.4 is 16.4 Å². The maximum atomic E-state index is 10.3. The van der Waals surface area contributed by atoms with E-state index in [0.717, 1.165) is 4.88 Å². The predicted octanol–water partition coefficient (Wildman–Crippen LogP) is 0.378. The smallest absolute Gasteiger partial charge is 0.312 e. The molecule has 1 aromatic heterocycles. The minimum absolute atomic E-state index is 0.506. The van der Waals surface area contributed by atoms with Gasteiger partial charge < -0.3 is 16.4 Å². The lowest BCUT2D eigenvalue weighted by Gasteiger charge is -2.02. The van der Waals surface area contributed by atoms with E-state index >= 15 is 0 Å². The molecule has 2 amide bonds. The van der Waals surface area contributed by atoms with Crippen molar-refractivity contribution in [3.8, 4) is 6.07 Å². The van der Waals surface area contributed by atoms with Gasteiger partial charge in [-0.3, -0.25) is 0 Å². The van der Waals surface area contributed by atoms with Gasteiger partial charge in [0.15, 0.2) is 0 Å². The highest BCUT2D eigenvalue weighted by molar-refractivity contribution is 7.10. The van der Waals surface area contributed by atoms with Gasteiger partial charge in [-0.15, -0.1) is 11.3 Å². The predicted molar refractivity (Wildman–Crippen MR) is 58.3 cm³/mol. The molecule has 1 heterocycles. The molecule has 0 unspecified atom stereocenters. The van der Waals surface area contributed by atoms with Crippen molar-refractivity contribution in [2.24, 2.45) is 5.73 Å². The average Bonchev–Trinajstić information content (AvgIpc) is 2.65. The highest BCUT2D eigenvalue weighted by Crippen LogP contribution is 2.12. The lowest BCUT2D eigenvalue weighted by Crippen LogP contribution is -2.35. The number of nitrogens with zero attached hydrogens (tertiary/aromatic N) is 1. The summed E-state index contributed by atoms with van der Waals surface area (Å²) in [6.07, 6.45) is 0. The quantitative estimate of drug-likeness (QED) is 0.631. The van der Waals surface area contributed by atoms with Crippen molar-refractivity contribution >= 4 is 17.4 Å². The van der Waals surface area contributed by atoms with E-state index in [1.165, 1.54) is 0 Å². The Morgan fingerprint density at radius 3 is 3.00 bits per heavy atom. The maximum absolute atomic E-state index is 10.3. The Morgan fingerprint density at radius 1 is 1.60 bits per heavy atom. The van der Waals surface area contributed by atoms with Crippen molar-refractivity contribution in [2.45, 2.75) is 6.54 Å². The minimum Gasteiger partial charge on any atom is -0.352 e. The van der Waals surface area contributed by atoms with Crippen LogP contribution in [0.1, 0.15) is 10.4 Å². The Morgan fingerprint density at radius 2 is 2.40 bits per heavy atom. The third-order valence-corrected chi connectivity index (χ3v) is 2.62. The van der Waals surface area contributed by atoms with E-state index in [-0.39, 0.29) is 0 Å². The van der Waals surface area contributed by atoms with E-state index in [1.807, 2.05) is 11.4 Å². The summed E-state index contributed by atoms with van der Waals surface area (Å²) in [7, 11) is 0. The molecule has 0 spiro atoms. The maximum Gasteiger partial charge on any atom is 0.312 e. The van der Waals surface area contributed by atoms with Gasteiger partial charge in [0.1, 0.15) is 6.07 Å². The number of rotatable bonds is 5. The van der Waals surface area contributed by atoms with E-state index in [2.05, 4.69) is 16.7 Å². The van der Waals surface area contributed by atoms with Gasteiger partial charge >= 0.3 is 6.03 Å². The average molecular weight is 224 g/mol. The second kappa shape index (κ2) is 6.01. The molecule has 1 aromatic rings. The number of carbonyl (C=O) groups is 1. The van der Waals surface area contributed by atoms with E-state index in [4.69, 9.17) is 11.0 Å². The third kappa shape index (κ3) is 4.44. The molecule has 4 N–H and O–H groups in total. The number of amides is 2. The fourth-order valence-corrected chi connectivity index (χ4v) is 1.80. The molecule has 0 aliphatic rings. The molecular formula is C9H12N4OS. The molecule has 0 aliphatic carbocycles. The summed E-state index contributed by atoms with van der Waals surface area (Å²) in [6.45, 7) is 1.86. The van der Waals surface area contributed by atoms with Gasteiger partial charge in [0, 0.05) is 29.9 Å². The van der Waals surface area contributed by atoms with Crippen molar-refractivity contribution < 1.29 is 4.79 Å². The SMILES string of the molecule is N#Cc1csc(CNCCNC(N)=O)c1. The molecule has 80 valence electrons. The van der Waals surface area contributed by atoms with Crippen LogP contribution in [-0.2, 0) is 6.54 Å². The summed E-state index contributed by atoms with van der Waals surface area (Å²) >= 11 is 1.54. The molecule has 1 rings (SSSR count). The second-order valence-corrected chi connectivity index (χ2v) is 3.88. The molecule has 0 fully saturated rings. The lowest BCUT2D eigenvalue weighted by molar-refractivity contribution is 0.249. The van der Waals surface area contributed by atoms with Crippen LogP contribution in [0.3, 0.4) is 0 Å². The zero-order valence-electron chi connectivity index (χ0n) is 8.12. The van der Waals surface area contributed by atoms with Crippen LogP contribution in [0.4, 0.5) is 4.79 Å². The summed E-state index contributed by atoms with van der Waals surface area (Å²) in [5, 5.41) is 16.0. The molecule has 6 heteroatoms. The van der Waals surface area contributed by atoms with Crippen LogP contribution in [0, 0.1) is 11.3 Å². The number of nitrogens with two attached hydrogens (primary N) is 1. The molecule has 15 heavy (non-hydrogen) atoms. The zero-order chi connectivity index (χ0) is 11.1. The first-order chi connectivity index (χ1) is 7.22. The molecule has 0 atom stereocenters. The molecule has 0 bridgehead atoms. The fourth-order valence-electron chi connectivity index (χ4n) is 1.02. The fraction of sp³-hybridized carbons (Fsp3) is 0.333. The number of hydrogen-bond donors (Lipinski definition) is 3. The summed E-state index contributed by atoms with van der Waals surface area (Å²) in [4.78, 5) is 11.4. The highest BCUT2D eigenvalue weighted by atomic mass is 32.1. The van der Waals surface area contributed by atoms with Gasteiger partial charge in [-0.1, -0.05) is 0 Å². The van der Waals surface area contributed by atoms with Crippen LogP contribution in [0.15, 0.2) is 11.4 Å². The van der Waals surface area contributed by atoms with Gasteiger partial charge in [0.2, 0.25) is 0 Å². The molecule has 0 radical (unpaired) electrons. The monoisotopic (exact) mass is 224 g/mol. The Bertz CT molecular complexity index is 368. The van der Waals surface area contributed by atoms with E-state index in [0.29, 0.717) is 25.2 Å². The van der Waals surface area contributed by atoms with Crippen LogP contribution in [0.5, 0.6) is 0 Å². The van der Waals surface area contributed by atoms with Crippen molar-refractivity contribution in [3.63, 3.8) is 0 Å². The Kier molecular flexibility index (Phi) is 4.60. The van der Waals surface area contributed by atoms with Crippen LogP contribution in [0.2, 0.25) is 0 Å². The molecule has 5 nitrogen and oxygen atoms in total. The summed E-state index contributed by atoms with van der Waals surface area (Å²) in [6, 6.07) is 3.41. The molecule has 0 aromatic carbocycles. The van der Waals surface area contributed by atoms with Crippen LogP contribution in [0.25, 0.3) is 0 Å². The molecule has 0 aliphatic heterocycles. The Labute approximate surface area is 91.9 Å². The summed E-state index contributed by atoms with van der Waals surface area (Å²) < 4.78 is 0. The van der Waals surface area contributed by atoms with Gasteiger partial charge in [-0.2, -0.15) is 5.26 Å². The van der Waals surface area contributed by atoms with Crippen molar-refractivity contribution in [3.05, 3.63) is 21.9 Å². The first kappa shape index (κ1) is 11.5. The van der Waals surface area contributed by atoms with Crippen molar-refractivity contribution in [1.82, 2.24) is 10.6 Å². The van der Waals surface area contributed by atoms with Crippen molar-refractivity contribution in [1.29, 1.82) is 5.26 Å². The second-order valence-electron chi connectivity index (χ2n) is 2.88. The van der Waals surface area contributed by atoms with Crippen LogP contribution >= 0.6 is 11.3 Å². The van der Waals surface area contributed by atoms with Gasteiger partial charge in [0.05, 0.1) is 5.56 Å². The summed E-state index contributed by atoms with van der Waals surface area (Å²) in [5.74, 6) is 0. The van der Waals surface area contributed by atoms with Crippen LogP contribution in [-0.4, -0.2) is 19.1 Å². The first-order valence-corrected chi connectivity index (χ1v) is 5.32. The Balaban J connectivity index is 2.15. The lowest BCUT2D eigenvalue weighted by atomic mass is 10.3. The first-order valence-electron chi connectivity index (χ1n) is 4.44. The third-order valence-electron chi connectivity index (χ3n) is 1.68. The number of nitrogens with one attached hydrogen (secondary N) is 2. The highest BCUT2D eigenvalue weighted by Gasteiger charge is 1.98. The number of carbonyl (C=O) groups excluding carboxylic acids is 1. The van der Waals surface area contributed by atoms with E-state index in [9.17, 15) is 4.79 Å². The largest absolute Gasteiger partial charge is 0.352 e. The Hall–Kier alpha value is -1.58. The topological polar surface area (TPSA) is 90.9 Å². The standard InChI is InChI=1S/C9H12N4OS/c10-4-7-3-8(15-6-7)5-12-1-2-13-9(11)14/h3,6,12H,1-2,5H2,(H3,11,13,14). The van der Waals surface area contributed by atoms with Gasteiger partial charge in [-0.05, 0) is 6.07 Å². The zero-order valence-corrected chi connectivity index (χ0v) is 8.93. The molecule has 0 saturated carbocycles. The number of hydrogen-bond acceptors (Lipinski definition) is 4. The summed E-state index contributed by atoms with van der Waals surface area (Å²) in [5.41, 5.74) is 5.58. The number of primary amides is 1. The molecular weight excluding hydrogens is 212 g/mol. The number of urea groups is 1. The normalized spacial score (nSPS) is 9.53. The van der Waals surface area contributed by atoms with Gasteiger partial charge in [-0.25, -0.2) is 4.79 Å². The van der Waals surface area contributed by atoms with Crippen molar-refractivity contribution in [2.75, 3.05) is 13.1 Å². The number of nitriles is 1.